The number of para-hydroxylation sites is 1. The van der Waals surface area contributed by atoms with Crippen molar-refractivity contribution in [2.75, 3.05) is 26.7 Å². The van der Waals surface area contributed by atoms with Crippen molar-refractivity contribution in [2.45, 2.75) is 44.1 Å². The van der Waals surface area contributed by atoms with Gasteiger partial charge in [0.25, 0.3) is 0 Å². The number of ether oxygens (including phenoxy) is 1. The first-order valence-corrected chi connectivity index (χ1v) is 9.00. The molecule has 25 heavy (non-hydrogen) atoms. The third kappa shape index (κ3) is 4.06. The molecule has 2 aliphatic rings. The van der Waals surface area contributed by atoms with Crippen molar-refractivity contribution in [3.8, 4) is 5.75 Å². The maximum Gasteiger partial charge on any atom is 0.315 e. The lowest BCUT2D eigenvalue weighted by molar-refractivity contribution is -0.127. The summed E-state index contributed by atoms with van der Waals surface area (Å²) < 4.78 is 5.46. The number of methoxy groups -OCH3 is 1. The van der Waals surface area contributed by atoms with Crippen LogP contribution in [0.15, 0.2) is 24.3 Å². The zero-order valence-corrected chi connectivity index (χ0v) is 15.0. The molecule has 0 bridgehead atoms. The summed E-state index contributed by atoms with van der Waals surface area (Å²) in [7, 11) is 1.68. The number of hydrogen-bond acceptors (Lipinski definition) is 3. The summed E-state index contributed by atoms with van der Waals surface area (Å²) in [5, 5.41) is 5.93. The molecule has 3 amide bonds. The van der Waals surface area contributed by atoms with E-state index in [-0.39, 0.29) is 23.4 Å². The summed E-state index contributed by atoms with van der Waals surface area (Å²) in [5.41, 5.74) is 1.14. The molecule has 1 atom stereocenters. The lowest BCUT2D eigenvalue weighted by atomic mass is 9.95. The molecule has 1 aromatic rings. The average molecular weight is 345 g/mol. The molecule has 0 aromatic heterocycles. The van der Waals surface area contributed by atoms with Crippen LogP contribution in [0.25, 0.3) is 0 Å². The van der Waals surface area contributed by atoms with Crippen molar-refractivity contribution < 1.29 is 14.3 Å². The Balaban J connectivity index is 1.49. The number of likely N-dealkylation sites (tertiary alicyclic amines) is 1. The molecule has 2 fully saturated rings. The second kappa shape index (κ2) is 7.33. The molecular formula is C19H27N3O3. The van der Waals surface area contributed by atoms with Gasteiger partial charge in [-0.1, -0.05) is 18.2 Å². The minimum absolute atomic E-state index is 0.0158. The molecular weight excluding hydrogens is 318 g/mol. The Bertz CT molecular complexity index is 643. The number of carbonyl (C=O) groups is 2. The fourth-order valence-electron chi connectivity index (χ4n) is 3.57. The van der Waals surface area contributed by atoms with Gasteiger partial charge in [-0.2, -0.15) is 0 Å². The largest absolute Gasteiger partial charge is 0.496 e. The van der Waals surface area contributed by atoms with E-state index < -0.39 is 0 Å². The van der Waals surface area contributed by atoms with Gasteiger partial charge in [-0.05, 0) is 32.3 Å². The summed E-state index contributed by atoms with van der Waals surface area (Å²) in [6.45, 7) is 3.89. The lowest BCUT2D eigenvalue weighted by Crippen LogP contribution is -2.47. The minimum atomic E-state index is -0.180. The van der Waals surface area contributed by atoms with Crippen molar-refractivity contribution in [3.63, 3.8) is 0 Å². The van der Waals surface area contributed by atoms with Crippen LogP contribution < -0.4 is 15.4 Å². The third-order valence-electron chi connectivity index (χ3n) is 5.16. The Morgan fingerprint density at radius 3 is 2.76 bits per heavy atom. The number of rotatable bonds is 7. The first kappa shape index (κ1) is 17.6. The van der Waals surface area contributed by atoms with Gasteiger partial charge in [-0.15, -0.1) is 0 Å². The van der Waals surface area contributed by atoms with Crippen LogP contribution in [0.5, 0.6) is 5.75 Å². The molecule has 136 valence electrons. The van der Waals surface area contributed by atoms with Crippen LogP contribution in [-0.2, 0) is 10.2 Å². The quantitative estimate of drug-likeness (QED) is 0.794. The number of urea groups is 1. The van der Waals surface area contributed by atoms with Crippen molar-refractivity contribution in [1.29, 1.82) is 0 Å². The first-order chi connectivity index (χ1) is 12.0. The highest BCUT2D eigenvalue weighted by atomic mass is 16.5. The normalized spacial score (nSPS) is 19.4. The molecule has 2 N–H and O–H groups in total. The van der Waals surface area contributed by atoms with Crippen LogP contribution >= 0.6 is 0 Å². The highest BCUT2D eigenvalue weighted by Crippen LogP contribution is 2.50. The molecule has 1 saturated heterocycles. The Labute approximate surface area is 148 Å². The van der Waals surface area contributed by atoms with Crippen LogP contribution in [0.1, 0.15) is 38.2 Å². The number of amides is 3. The van der Waals surface area contributed by atoms with E-state index >= 15 is 0 Å². The molecule has 1 saturated carbocycles. The Morgan fingerprint density at radius 1 is 1.36 bits per heavy atom. The molecule has 1 aliphatic carbocycles. The van der Waals surface area contributed by atoms with Gasteiger partial charge in [0, 0.05) is 43.1 Å². The molecule has 6 nitrogen and oxygen atoms in total. The summed E-state index contributed by atoms with van der Waals surface area (Å²) in [6, 6.07) is 7.76. The topological polar surface area (TPSA) is 70.7 Å². The van der Waals surface area contributed by atoms with Crippen molar-refractivity contribution >= 4 is 11.9 Å². The van der Waals surface area contributed by atoms with E-state index in [9.17, 15) is 9.59 Å². The summed E-state index contributed by atoms with van der Waals surface area (Å²) in [5.74, 6) is 1.06. The predicted molar refractivity (Wildman–Crippen MR) is 95.7 cm³/mol. The van der Waals surface area contributed by atoms with Gasteiger partial charge in [0.05, 0.1) is 7.11 Å². The number of hydrogen-bond donors (Lipinski definition) is 2. The van der Waals surface area contributed by atoms with Crippen molar-refractivity contribution in [2.24, 2.45) is 0 Å². The number of nitrogens with one attached hydrogen (secondary N) is 2. The molecule has 6 heteroatoms. The second-order valence-electron chi connectivity index (χ2n) is 7.15. The molecule has 0 radical (unpaired) electrons. The van der Waals surface area contributed by atoms with E-state index in [0.717, 1.165) is 37.1 Å². The monoisotopic (exact) mass is 345 g/mol. The van der Waals surface area contributed by atoms with Gasteiger partial charge in [-0.3, -0.25) is 4.79 Å². The van der Waals surface area contributed by atoms with E-state index in [1.54, 1.807) is 7.11 Å². The lowest BCUT2D eigenvalue weighted by Gasteiger charge is -2.23. The second-order valence-corrected chi connectivity index (χ2v) is 7.15. The number of nitrogens with zero attached hydrogens (tertiary/aromatic N) is 1. The molecule has 1 aliphatic heterocycles. The summed E-state index contributed by atoms with van der Waals surface area (Å²) in [6.07, 6.45) is 3.64. The van der Waals surface area contributed by atoms with E-state index in [1.165, 1.54) is 0 Å². The van der Waals surface area contributed by atoms with Crippen LogP contribution in [0.2, 0.25) is 0 Å². The zero-order chi connectivity index (χ0) is 17.9. The fraction of sp³-hybridized carbons (Fsp3) is 0.579. The van der Waals surface area contributed by atoms with Gasteiger partial charge in [0.2, 0.25) is 5.91 Å². The van der Waals surface area contributed by atoms with Crippen LogP contribution in [0.4, 0.5) is 4.79 Å². The SMILES string of the molecule is COc1ccccc1C1(CNC(=O)N[C@H](C)CN2CCCC2=O)CC1. The number of benzene rings is 1. The Morgan fingerprint density at radius 2 is 2.12 bits per heavy atom. The van der Waals surface area contributed by atoms with Crippen LogP contribution in [-0.4, -0.2) is 49.6 Å². The smallest absolute Gasteiger partial charge is 0.315 e. The molecule has 3 rings (SSSR count). The molecule has 1 heterocycles. The van der Waals surface area contributed by atoms with Gasteiger partial charge in [0.15, 0.2) is 0 Å². The van der Waals surface area contributed by atoms with E-state index in [0.29, 0.717) is 19.5 Å². The number of carbonyl (C=O) groups excluding carboxylic acids is 2. The predicted octanol–water partition coefficient (Wildman–Crippen LogP) is 2.04. The first-order valence-electron chi connectivity index (χ1n) is 9.00. The van der Waals surface area contributed by atoms with E-state index in [1.807, 2.05) is 30.0 Å². The van der Waals surface area contributed by atoms with E-state index in [2.05, 4.69) is 16.7 Å². The van der Waals surface area contributed by atoms with Gasteiger partial charge < -0.3 is 20.3 Å². The Hall–Kier alpha value is -2.24. The minimum Gasteiger partial charge on any atom is -0.496 e. The summed E-state index contributed by atoms with van der Waals surface area (Å²) in [4.78, 5) is 25.7. The van der Waals surface area contributed by atoms with Crippen molar-refractivity contribution in [3.05, 3.63) is 29.8 Å². The molecule has 0 spiro atoms. The average Bonchev–Trinajstić information content (AvgIpc) is 3.30. The highest BCUT2D eigenvalue weighted by Gasteiger charge is 2.46. The van der Waals surface area contributed by atoms with Gasteiger partial charge in [0.1, 0.15) is 5.75 Å². The molecule has 0 unspecified atom stereocenters. The zero-order valence-electron chi connectivity index (χ0n) is 15.0. The standard InChI is InChI=1S/C19H27N3O3/c1-14(12-22-11-5-8-17(22)23)21-18(24)20-13-19(9-10-19)15-6-3-4-7-16(15)25-2/h3-4,6-7,14H,5,8-13H2,1-2H3,(H2,20,21,24)/t14-/m1/s1. The van der Waals surface area contributed by atoms with E-state index in [4.69, 9.17) is 4.74 Å². The maximum absolute atomic E-state index is 12.2. The fourth-order valence-corrected chi connectivity index (χ4v) is 3.57. The van der Waals surface area contributed by atoms with Crippen molar-refractivity contribution in [1.82, 2.24) is 15.5 Å². The molecule has 1 aromatic carbocycles. The van der Waals surface area contributed by atoms with Gasteiger partial charge in [-0.25, -0.2) is 4.79 Å². The van der Waals surface area contributed by atoms with Gasteiger partial charge >= 0.3 is 6.03 Å². The maximum atomic E-state index is 12.2. The highest BCUT2D eigenvalue weighted by molar-refractivity contribution is 5.78. The third-order valence-corrected chi connectivity index (χ3v) is 5.16. The Kier molecular flexibility index (Phi) is 5.16. The van der Waals surface area contributed by atoms with Crippen LogP contribution in [0, 0.1) is 0 Å². The summed E-state index contributed by atoms with van der Waals surface area (Å²) >= 11 is 0. The van der Waals surface area contributed by atoms with Crippen LogP contribution in [0.3, 0.4) is 0 Å².